The van der Waals surface area contributed by atoms with Crippen molar-refractivity contribution in [2.45, 2.75) is 36.5 Å². The maximum absolute atomic E-state index is 12.5. The quantitative estimate of drug-likeness (QED) is 0.841. The minimum atomic E-state index is 0.247. The van der Waals surface area contributed by atoms with Crippen LogP contribution < -0.4 is 0 Å². The molecule has 1 aromatic rings. The molecular formula is C15H19NO2S2. The summed E-state index contributed by atoms with van der Waals surface area (Å²) in [5.41, 5.74) is 1.42. The Bertz CT molecular complexity index is 527. The highest BCUT2D eigenvalue weighted by Crippen LogP contribution is 2.46. The van der Waals surface area contributed by atoms with Crippen LogP contribution in [-0.2, 0) is 17.6 Å². The van der Waals surface area contributed by atoms with E-state index in [-0.39, 0.29) is 10.7 Å². The van der Waals surface area contributed by atoms with Gasteiger partial charge in [0.25, 0.3) is 5.91 Å². The zero-order chi connectivity index (χ0) is 13.7. The Morgan fingerprint density at radius 2 is 2.30 bits per heavy atom. The molecular weight excluding hydrogens is 290 g/mol. The first-order chi connectivity index (χ1) is 9.69. The van der Waals surface area contributed by atoms with Crippen molar-refractivity contribution >= 4 is 29.0 Å². The standard InChI is InChI=1S/C15H19NO2S2/c1-18-11-6-15(19-7-11)8-16(9-15)14(17)13-5-10-3-2-4-12(10)20-13/h5,11H,2-4,6-9H2,1H3. The molecule has 0 bridgehead atoms. The van der Waals surface area contributed by atoms with Gasteiger partial charge in [0.15, 0.2) is 0 Å². The van der Waals surface area contributed by atoms with Gasteiger partial charge >= 0.3 is 0 Å². The molecule has 0 N–H and O–H groups in total. The van der Waals surface area contributed by atoms with Gasteiger partial charge in [-0.3, -0.25) is 4.79 Å². The average Bonchev–Trinajstić information content (AvgIpc) is 3.08. The van der Waals surface area contributed by atoms with Crippen LogP contribution in [0.15, 0.2) is 6.07 Å². The molecule has 1 atom stereocenters. The number of amides is 1. The number of fused-ring (bicyclic) bond motifs is 1. The molecule has 3 aliphatic rings. The minimum absolute atomic E-state index is 0.247. The van der Waals surface area contributed by atoms with Crippen molar-refractivity contribution in [1.29, 1.82) is 0 Å². The van der Waals surface area contributed by atoms with E-state index in [1.54, 1.807) is 18.4 Å². The Balaban J connectivity index is 1.41. The number of ether oxygens (including phenoxy) is 1. The summed E-state index contributed by atoms with van der Waals surface area (Å²) in [5.74, 6) is 1.32. The van der Waals surface area contributed by atoms with E-state index in [4.69, 9.17) is 4.74 Å². The molecule has 0 saturated carbocycles. The van der Waals surface area contributed by atoms with Gasteiger partial charge in [-0.15, -0.1) is 23.1 Å². The van der Waals surface area contributed by atoms with Gasteiger partial charge < -0.3 is 9.64 Å². The molecule has 1 amide bonds. The van der Waals surface area contributed by atoms with Crippen LogP contribution in [0.25, 0.3) is 0 Å². The number of rotatable bonds is 2. The molecule has 3 heterocycles. The van der Waals surface area contributed by atoms with Crippen LogP contribution >= 0.6 is 23.1 Å². The Kier molecular flexibility index (Phi) is 3.13. The molecule has 20 heavy (non-hydrogen) atoms. The second-order valence-corrected chi connectivity index (χ2v) is 8.75. The van der Waals surface area contributed by atoms with E-state index in [0.29, 0.717) is 6.10 Å². The summed E-state index contributed by atoms with van der Waals surface area (Å²) in [6.07, 6.45) is 5.07. The van der Waals surface area contributed by atoms with Gasteiger partial charge in [0.2, 0.25) is 0 Å². The van der Waals surface area contributed by atoms with E-state index in [1.807, 2.05) is 16.7 Å². The van der Waals surface area contributed by atoms with Crippen LogP contribution in [0.4, 0.5) is 0 Å². The summed E-state index contributed by atoms with van der Waals surface area (Å²) in [4.78, 5) is 16.9. The Morgan fingerprint density at radius 1 is 1.45 bits per heavy atom. The third-order valence-corrected chi connectivity index (χ3v) is 7.51. The molecule has 1 aliphatic carbocycles. The van der Waals surface area contributed by atoms with Gasteiger partial charge in [0.1, 0.15) is 0 Å². The zero-order valence-electron chi connectivity index (χ0n) is 11.7. The minimum Gasteiger partial charge on any atom is -0.381 e. The van der Waals surface area contributed by atoms with Crippen molar-refractivity contribution < 1.29 is 9.53 Å². The molecule has 2 saturated heterocycles. The first-order valence-electron chi connectivity index (χ1n) is 7.27. The number of nitrogens with zero attached hydrogens (tertiary/aromatic N) is 1. The van der Waals surface area contributed by atoms with Crippen molar-refractivity contribution in [3.05, 3.63) is 21.4 Å². The monoisotopic (exact) mass is 309 g/mol. The van der Waals surface area contributed by atoms with Gasteiger partial charge in [0.05, 0.1) is 15.7 Å². The van der Waals surface area contributed by atoms with E-state index in [1.165, 1.54) is 23.3 Å². The van der Waals surface area contributed by atoms with Crippen LogP contribution in [0.5, 0.6) is 0 Å². The first kappa shape index (κ1) is 13.2. The summed E-state index contributed by atoms with van der Waals surface area (Å²) < 4.78 is 5.73. The predicted octanol–water partition coefficient (Wildman–Crippen LogP) is 2.58. The third-order valence-electron chi connectivity index (χ3n) is 4.71. The van der Waals surface area contributed by atoms with Crippen LogP contribution in [-0.4, -0.2) is 47.6 Å². The predicted molar refractivity (Wildman–Crippen MR) is 82.9 cm³/mol. The average molecular weight is 309 g/mol. The van der Waals surface area contributed by atoms with Gasteiger partial charge in [-0.1, -0.05) is 0 Å². The summed E-state index contributed by atoms with van der Waals surface area (Å²) in [6.45, 7) is 1.80. The van der Waals surface area contributed by atoms with Gasteiger partial charge in [0, 0.05) is 30.8 Å². The summed E-state index contributed by atoms with van der Waals surface area (Å²) in [6, 6.07) is 2.14. The first-order valence-corrected chi connectivity index (χ1v) is 9.07. The highest BCUT2D eigenvalue weighted by atomic mass is 32.2. The summed E-state index contributed by atoms with van der Waals surface area (Å²) in [5, 5.41) is 0. The molecule has 3 nitrogen and oxygen atoms in total. The summed E-state index contributed by atoms with van der Waals surface area (Å²) in [7, 11) is 1.79. The van der Waals surface area contributed by atoms with Crippen molar-refractivity contribution in [3.63, 3.8) is 0 Å². The lowest BCUT2D eigenvalue weighted by Crippen LogP contribution is -2.60. The molecule has 1 aromatic heterocycles. The fraction of sp³-hybridized carbons (Fsp3) is 0.667. The number of likely N-dealkylation sites (tertiary alicyclic amines) is 1. The SMILES string of the molecule is COC1CSC2(C1)CN(C(=O)c1cc3c(s1)CCC3)C2. The molecule has 1 spiro atoms. The fourth-order valence-electron chi connectivity index (χ4n) is 3.56. The van der Waals surface area contributed by atoms with Gasteiger partial charge in [-0.25, -0.2) is 0 Å². The maximum atomic E-state index is 12.5. The third kappa shape index (κ3) is 2.02. The molecule has 2 fully saturated rings. The van der Waals surface area contributed by atoms with Crippen molar-refractivity contribution in [3.8, 4) is 0 Å². The van der Waals surface area contributed by atoms with E-state index in [9.17, 15) is 4.79 Å². The normalized spacial score (nSPS) is 26.9. The van der Waals surface area contributed by atoms with E-state index in [2.05, 4.69) is 6.07 Å². The number of aryl methyl sites for hydroxylation is 2. The highest BCUT2D eigenvalue weighted by Gasteiger charge is 2.51. The smallest absolute Gasteiger partial charge is 0.264 e. The Morgan fingerprint density at radius 3 is 3.00 bits per heavy atom. The number of methoxy groups -OCH3 is 1. The van der Waals surface area contributed by atoms with Crippen LogP contribution in [0.1, 0.15) is 33.0 Å². The topological polar surface area (TPSA) is 29.5 Å². The molecule has 2 aliphatic heterocycles. The van der Waals surface area contributed by atoms with Crippen LogP contribution in [0.2, 0.25) is 0 Å². The van der Waals surface area contributed by atoms with Crippen molar-refractivity contribution in [2.24, 2.45) is 0 Å². The number of carbonyl (C=O) groups is 1. The molecule has 4 rings (SSSR count). The largest absolute Gasteiger partial charge is 0.381 e. The van der Waals surface area contributed by atoms with Gasteiger partial charge in [-0.05, 0) is 37.3 Å². The van der Waals surface area contributed by atoms with Crippen LogP contribution in [0, 0.1) is 0 Å². The van der Waals surface area contributed by atoms with E-state index in [0.717, 1.165) is 36.6 Å². The molecule has 0 aromatic carbocycles. The number of carbonyl (C=O) groups excluding carboxylic acids is 1. The number of thioether (sulfide) groups is 1. The van der Waals surface area contributed by atoms with E-state index >= 15 is 0 Å². The number of hydrogen-bond donors (Lipinski definition) is 0. The molecule has 5 heteroatoms. The lowest BCUT2D eigenvalue weighted by molar-refractivity contribution is 0.0456. The second kappa shape index (κ2) is 4.75. The number of hydrogen-bond acceptors (Lipinski definition) is 4. The maximum Gasteiger partial charge on any atom is 0.264 e. The Hall–Kier alpha value is -0.520. The molecule has 0 radical (unpaired) electrons. The Labute approximate surface area is 127 Å². The zero-order valence-corrected chi connectivity index (χ0v) is 13.3. The highest BCUT2D eigenvalue weighted by molar-refractivity contribution is 8.01. The van der Waals surface area contributed by atoms with Crippen LogP contribution in [0.3, 0.4) is 0 Å². The lowest BCUT2D eigenvalue weighted by Gasteiger charge is -2.47. The van der Waals surface area contributed by atoms with E-state index < -0.39 is 0 Å². The number of thiophene rings is 1. The second-order valence-electron chi connectivity index (χ2n) is 6.13. The van der Waals surface area contributed by atoms with Gasteiger partial charge in [-0.2, -0.15) is 0 Å². The summed E-state index contributed by atoms with van der Waals surface area (Å²) >= 11 is 3.71. The molecule has 108 valence electrons. The van der Waals surface area contributed by atoms with Crippen molar-refractivity contribution in [1.82, 2.24) is 4.90 Å². The van der Waals surface area contributed by atoms with Crippen molar-refractivity contribution in [2.75, 3.05) is 26.0 Å². The fourth-order valence-corrected chi connectivity index (χ4v) is 6.37. The lowest BCUT2D eigenvalue weighted by atomic mass is 9.93. The molecule has 1 unspecified atom stereocenters.